The second-order valence-electron chi connectivity index (χ2n) is 5.74. The lowest BCUT2D eigenvalue weighted by Crippen LogP contribution is -2.53. The van der Waals surface area contributed by atoms with Crippen molar-refractivity contribution >= 4 is 17.5 Å². The Bertz CT molecular complexity index is 486. The fraction of sp³-hybridized carbons (Fsp3) is 0.562. The van der Waals surface area contributed by atoms with Crippen LogP contribution in [0, 0.1) is 0 Å². The predicted octanol–water partition coefficient (Wildman–Crippen LogP) is 2.86. The van der Waals surface area contributed by atoms with Crippen LogP contribution in [0.2, 0.25) is 5.02 Å². The standard InChI is InChI=1S/C16H21ClN2O2/c17-14-6-4-13(5-7-14)12-19-16(20)15(8-11-21-19)18-9-2-1-3-10-18/h4-7,15H,1-3,8-12H2. The van der Waals surface area contributed by atoms with E-state index in [2.05, 4.69) is 4.90 Å². The Morgan fingerprint density at radius 1 is 1.14 bits per heavy atom. The normalized spacial score (nSPS) is 24.3. The van der Waals surface area contributed by atoms with Gasteiger partial charge in [-0.2, -0.15) is 0 Å². The molecule has 21 heavy (non-hydrogen) atoms. The summed E-state index contributed by atoms with van der Waals surface area (Å²) in [7, 11) is 0. The van der Waals surface area contributed by atoms with Crippen LogP contribution < -0.4 is 0 Å². The number of hydroxylamine groups is 2. The number of amides is 1. The van der Waals surface area contributed by atoms with Crippen molar-refractivity contribution in [1.82, 2.24) is 9.96 Å². The maximum Gasteiger partial charge on any atom is 0.263 e. The number of likely N-dealkylation sites (tertiary alicyclic amines) is 1. The fourth-order valence-corrected chi connectivity index (χ4v) is 3.20. The maximum absolute atomic E-state index is 12.6. The van der Waals surface area contributed by atoms with E-state index in [1.807, 2.05) is 24.3 Å². The lowest BCUT2D eigenvalue weighted by Gasteiger charge is -2.39. The summed E-state index contributed by atoms with van der Waals surface area (Å²) in [5.74, 6) is 0.0955. The molecule has 0 aromatic heterocycles. The second-order valence-corrected chi connectivity index (χ2v) is 6.17. The number of benzene rings is 1. The lowest BCUT2D eigenvalue weighted by atomic mass is 10.0. The van der Waals surface area contributed by atoms with Gasteiger partial charge in [0.15, 0.2) is 0 Å². The zero-order valence-electron chi connectivity index (χ0n) is 12.1. The topological polar surface area (TPSA) is 32.8 Å². The molecule has 0 spiro atoms. The Morgan fingerprint density at radius 2 is 1.86 bits per heavy atom. The van der Waals surface area contributed by atoms with Crippen LogP contribution in [0.4, 0.5) is 0 Å². The fourth-order valence-electron chi connectivity index (χ4n) is 3.08. The third-order valence-corrected chi connectivity index (χ3v) is 4.49. The van der Waals surface area contributed by atoms with E-state index in [9.17, 15) is 4.79 Å². The number of nitrogens with zero attached hydrogens (tertiary/aromatic N) is 2. The minimum absolute atomic E-state index is 0.00801. The summed E-state index contributed by atoms with van der Waals surface area (Å²) in [5, 5.41) is 2.22. The molecule has 3 rings (SSSR count). The van der Waals surface area contributed by atoms with E-state index in [0.29, 0.717) is 18.2 Å². The van der Waals surface area contributed by atoms with Crippen molar-refractivity contribution in [2.75, 3.05) is 19.7 Å². The molecule has 2 aliphatic rings. The van der Waals surface area contributed by atoms with E-state index in [0.717, 1.165) is 25.1 Å². The maximum atomic E-state index is 12.6. The molecular formula is C16H21ClN2O2. The number of carbonyl (C=O) groups is 1. The molecule has 2 aliphatic heterocycles. The van der Waals surface area contributed by atoms with Gasteiger partial charge in [0.05, 0.1) is 19.2 Å². The Labute approximate surface area is 130 Å². The van der Waals surface area contributed by atoms with Crippen LogP contribution in [0.5, 0.6) is 0 Å². The molecular weight excluding hydrogens is 288 g/mol. The molecule has 2 saturated heterocycles. The van der Waals surface area contributed by atoms with Crippen LogP contribution in [0.25, 0.3) is 0 Å². The highest BCUT2D eigenvalue weighted by Gasteiger charge is 2.34. The van der Waals surface area contributed by atoms with Crippen LogP contribution in [-0.2, 0) is 16.2 Å². The van der Waals surface area contributed by atoms with E-state index in [1.54, 1.807) is 0 Å². The Hall–Kier alpha value is -1.10. The molecule has 4 nitrogen and oxygen atoms in total. The van der Waals surface area contributed by atoms with Crippen LogP contribution in [0.3, 0.4) is 0 Å². The summed E-state index contributed by atoms with van der Waals surface area (Å²) < 4.78 is 0. The van der Waals surface area contributed by atoms with Gasteiger partial charge in [0.25, 0.3) is 5.91 Å². The number of halogens is 1. The summed E-state index contributed by atoms with van der Waals surface area (Å²) in [4.78, 5) is 20.5. The van der Waals surface area contributed by atoms with E-state index < -0.39 is 0 Å². The number of rotatable bonds is 3. The van der Waals surface area contributed by atoms with E-state index in [1.165, 1.54) is 24.3 Å². The van der Waals surface area contributed by atoms with Crippen molar-refractivity contribution in [2.24, 2.45) is 0 Å². The summed E-state index contributed by atoms with van der Waals surface area (Å²) in [6, 6.07) is 7.54. The van der Waals surface area contributed by atoms with Gasteiger partial charge < -0.3 is 0 Å². The number of carbonyl (C=O) groups excluding carboxylic acids is 1. The van der Waals surface area contributed by atoms with Gasteiger partial charge >= 0.3 is 0 Å². The molecule has 1 atom stereocenters. The van der Waals surface area contributed by atoms with Crippen LogP contribution in [0.15, 0.2) is 24.3 Å². The van der Waals surface area contributed by atoms with Crippen molar-refractivity contribution < 1.29 is 9.63 Å². The Morgan fingerprint density at radius 3 is 2.57 bits per heavy atom. The molecule has 1 aromatic carbocycles. The highest BCUT2D eigenvalue weighted by molar-refractivity contribution is 6.30. The third-order valence-electron chi connectivity index (χ3n) is 4.24. The third kappa shape index (κ3) is 3.57. The Balaban J connectivity index is 1.65. The molecule has 2 heterocycles. The van der Waals surface area contributed by atoms with Gasteiger partial charge in [0.2, 0.25) is 0 Å². The van der Waals surface area contributed by atoms with Gasteiger partial charge in [-0.25, -0.2) is 5.06 Å². The SMILES string of the molecule is O=C1C(N2CCCCC2)CCON1Cc1ccc(Cl)cc1. The molecule has 1 amide bonds. The Kier molecular flexibility index (Phi) is 4.78. The van der Waals surface area contributed by atoms with Crippen molar-refractivity contribution in [3.05, 3.63) is 34.9 Å². The zero-order chi connectivity index (χ0) is 14.7. The average molecular weight is 309 g/mol. The van der Waals surface area contributed by atoms with Crippen molar-refractivity contribution in [3.63, 3.8) is 0 Å². The van der Waals surface area contributed by atoms with E-state index in [4.69, 9.17) is 16.4 Å². The molecule has 1 unspecified atom stereocenters. The number of hydrogen-bond acceptors (Lipinski definition) is 3. The predicted molar refractivity (Wildman–Crippen MR) is 81.8 cm³/mol. The summed E-state index contributed by atoms with van der Waals surface area (Å²) in [5.41, 5.74) is 1.03. The highest BCUT2D eigenvalue weighted by atomic mass is 35.5. The zero-order valence-corrected chi connectivity index (χ0v) is 12.9. The molecule has 0 N–H and O–H groups in total. The summed E-state index contributed by atoms with van der Waals surface area (Å²) >= 11 is 5.89. The molecule has 2 fully saturated rings. The van der Waals surface area contributed by atoms with Crippen molar-refractivity contribution in [3.8, 4) is 0 Å². The summed E-state index contributed by atoms with van der Waals surface area (Å²) in [6.07, 6.45) is 4.47. The summed E-state index contributed by atoms with van der Waals surface area (Å²) in [6.45, 7) is 3.16. The average Bonchev–Trinajstić information content (AvgIpc) is 2.52. The smallest absolute Gasteiger partial charge is 0.263 e. The van der Waals surface area contributed by atoms with E-state index >= 15 is 0 Å². The van der Waals surface area contributed by atoms with Gasteiger partial charge in [-0.05, 0) is 50.0 Å². The second kappa shape index (κ2) is 6.77. The number of hydrogen-bond donors (Lipinski definition) is 0. The molecule has 0 bridgehead atoms. The van der Waals surface area contributed by atoms with Gasteiger partial charge in [-0.1, -0.05) is 30.2 Å². The largest absolute Gasteiger partial charge is 0.292 e. The highest BCUT2D eigenvalue weighted by Crippen LogP contribution is 2.21. The monoisotopic (exact) mass is 308 g/mol. The van der Waals surface area contributed by atoms with Crippen LogP contribution in [-0.4, -0.2) is 41.6 Å². The molecule has 114 valence electrons. The van der Waals surface area contributed by atoms with Crippen molar-refractivity contribution in [1.29, 1.82) is 0 Å². The van der Waals surface area contributed by atoms with Gasteiger partial charge in [-0.3, -0.25) is 14.5 Å². The first-order valence-corrected chi connectivity index (χ1v) is 8.04. The molecule has 1 aromatic rings. The van der Waals surface area contributed by atoms with E-state index in [-0.39, 0.29) is 11.9 Å². The van der Waals surface area contributed by atoms with Crippen molar-refractivity contribution in [2.45, 2.75) is 38.3 Å². The lowest BCUT2D eigenvalue weighted by molar-refractivity contribution is -0.212. The first-order valence-electron chi connectivity index (χ1n) is 7.67. The van der Waals surface area contributed by atoms with Gasteiger partial charge in [0.1, 0.15) is 0 Å². The van der Waals surface area contributed by atoms with Gasteiger partial charge in [0, 0.05) is 5.02 Å². The molecule has 0 saturated carbocycles. The number of piperidine rings is 1. The van der Waals surface area contributed by atoms with Gasteiger partial charge in [-0.15, -0.1) is 0 Å². The first-order chi connectivity index (χ1) is 10.2. The quantitative estimate of drug-likeness (QED) is 0.861. The molecule has 5 heteroatoms. The first kappa shape index (κ1) is 14.8. The molecule has 0 radical (unpaired) electrons. The van der Waals surface area contributed by atoms with Crippen LogP contribution >= 0.6 is 11.6 Å². The van der Waals surface area contributed by atoms with Crippen LogP contribution in [0.1, 0.15) is 31.2 Å². The minimum Gasteiger partial charge on any atom is -0.292 e. The molecule has 0 aliphatic carbocycles. The minimum atomic E-state index is -0.00801.